The summed E-state index contributed by atoms with van der Waals surface area (Å²) in [6.07, 6.45) is 2.09. The molecule has 148 valence electrons. The molecule has 0 aliphatic carbocycles. The van der Waals surface area contributed by atoms with Crippen molar-refractivity contribution in [1.82, 2.24) is 10.7 Å². The lowest BCUT2D eigenvalue weighted by Gasteiger charge is -2.16. The van der Waals surface area contributed by atoms with Gasteiger partial charge in [-0.05, 0) is 36.0 Å². The number of nitrogens with one attached hydrogen (secondary N) is 2. The molecule has 6 heteroatoms. The highest BCUT2D eigenvalue weighted by molar-refractivity contribution is 7.80. The molecule has 0 aromatic heterocycles. The van der Waals surface area contributed by atoms with Crippen molar-refractivity contribution in [3.05, 3.63) is 108 Å². The molecule has 4 rings (SSSR count). The molecular weight excluding hydrogens is 390 g/mol. The number of thiocarbonyl (C=S) groups is 1. The second-order valence-electron chi connectivity index (χ2n) is 6.56. The molecule has 0 spiro atoms. The number of amidine groups is 1. The van der Waals surface area contributed by atoms with Gasteiger partial charge in [0.15, 0.2) is 10.9 Å². The molecule has 0 saturated heterocycles. The van der Waals surface area contributed by atoms with Crippen LogP contribution in [-0.2, 0) is 0 Å². The van der Waals surface area contributed by atoms with Gasteiger partial charge in [0.2, 0.25) is 0 Å². The minimum absolute atomic E-state index is 0.433. The van der Waals surface area contributed by atoms with Crippen molar-refractivity contribution in [2.45, 2.75) is 0 Å². The van der Waals surface area contributed by atoms with Crippen LogP contribution in [0, 0.1) is 0 Å². The molecule has 0 atom stereocenters. The largest absolute Gasteiger partial charge is 0.364 e. The van der Waals surface area contributed by atoms with Gasteiger partial charge in [0.05, 0.1) is 5.69 Å². The number of hydrogen-bond acceptors (Lipinski definition) is 3. The Morgan fingerprint density at radius 2 is 1.50 bits per heavy atom. The summed E-state index contributed by atoms with van der Waals surface area (Å²) in [7, 11) is 1.76. The van der Waals surface area contributed by atoms with Crippen molar-refractivity contribution in [2.75, 3.05) is 12.1 Å². The molecule has 5 nitrogen and oxygen atoms in total. The summed E-state index contributed by atoms with van der Waals surface area (Å²) in [6.45, 7) is 0. The normalized spacial score (nSPS) is 15.9. The third-order valence-corrected chi connectivity index (χ3v) is 4.84. The van der Waals surface area contributed by atoms with Crippen LogP contribution in [0.25, 0.3) is 6.08 Å². The molecule has 3 aromatic rings. The van der Waals surface area contributed by atoms with E-state index in [1.165, 1.54) is 0 Å². The SMILES string of the molecule is CNC(=S)NN=C1C(=Cc2ccccc2)C(c2ccccc2)=NN1c1ccccc1. The number of benzene rings is 3. The van der Waals surface area contributed by atoms with Gasteiger partial charge >= 0.3 is 0 Å². The average molecular weight is 412 g/mol. The van der Waals surface area contributed by atoms with E-state index in [0.717, 1.165) is 28.1 Å². The third-order valence-electron chi connectivity index (χ3n) is 4.55. The molecule has 30 heavy (non-hydrogen) atoms. The number of hydrazone groups is 2. The summed E-state index contributed by atoms with van der Waals surface area (Å²) < 4.78 is 0. The van der Waals surface area contributed by atoms with E-state index < -0.39 is 0 Å². The predicted octanol–water partition coefficient (Wildman–Crippen LogP) is 4.40. The highest BCUT2D eigenvalue weighted by atomic mass is 32.1. The minimum Gasteiger partial charge on any atom is -0.364 e. The van der Waals surface area contributed by atoms with Crippen LogP contribution in [0.2, 0.25) is 0 Å². The highest BCUT2D eigenvalue weighted by Gasteiger charge is 2.30. The van der Waals surface area contributed by atoms with Gasteiger partial charge in [-0.3, -0.25) is 5.43 Å². The minimum atomic E-state index is 0.433. The molecule has 1 heterocycles. The van der Waals surface area contributed by atoms with E-state index in [1.807, 2.05) is 71.7 Å². The summed E-state index contributed by atoms with van der Waals surface area (Å²) in [5.41, 5.74) is 7.66. The molecular formula is C24H21N5S. The number of para-hydroxylation sites is 1. The molecule has 0 bridgehead atoms. The summed E-state index contributed by atoms with van der Waals surface area (Å²) in [5, 5.41) is 14.7. The molecule has 0 unspecified atom stereocenters. The average Bonchev–Trinajstić information content (AvgIpc) is 3.17. The number of hydrogen-bond donors (Lipinski definition) is 2. The third kappa shape index (κ3) is 4.29. The van der Waals surface area contributed by atoms with Crippen LogP contribution in [-0.4, -0.2) is 23.7 Å². The quantitative estimate of drug-likeness (QED) is 0.494. The van der Waals surface area contributed by atoms with Crippen molar-refractivity contribution in [3.63, 3.8) is 0 Å². The second kappa shape index (κ2) is 9.15. The Bertz CT molecular complexity index is 1110. The lowest BCUT2D eigenvalue weighted by atomic mass is 10.00. The Balaban J connectivity index is 1.88. The van der Waals surface area contributed by atoms with E-state index >= 15 is 0 Å². The van der Waals surface area contributed by atoms with E-state index in [4.69, 9.17) is 17.3 Å². The van der Waals surface area contributed by atoms with E-state index in [1.54, 1.807) is 7.05 Å². The number of rotatable bonds is 4. The van der Waals surface area contributed by atoms with Crippen molar-refractivity contribution in [1.29, 1.82) is 0 Å². The zero-order valence-corrected chi connectivity index (χ0v) is 17.3. The van der Waals surface area contributed by atoms with Gasteiger partial charge in [-0.2, -0.15) is 10.2 Å². The molecule has 0 radical (unpaired) electrons. The van der Waals surface area contributed by atoms with Crippen LogP contribution in [0.15, 0.2) is 107 Å². The zero-order chi connectivity index (χ0) is 20.8. The maximum absolute atomic E-state index is 5.23. The van der Waals surface area contributed by atoms with E-state index in [9.17, 15) is 0 Å². The predicted molar refractivity (Wildman–Crippen MR) is 129 cm³/mol. The molecule has 2 N–H and O–H groups in total. The first kappa shape index (κ1) is 19.5. The fourth-order valence-electron chi connectivity index (χ4n) is 3.10. The highest BCUT2D eigenvalue weighted by Crippen LogP contribution is 2.28. The van der Waals surface area contributed by atoms with E-state index in [2.05, 4.69) is 46.2 Å². The number of anilines is 1. The van der Waals surface area contributed by atoms with Crippen molar-refractivity contribution in [3.8, 4) is 0 Å². The van der Waals surface area contributed by atoms with Crippen LogP contribution < -0.4 is 15.8 Å². The van der Waals surface area contributed by atoms with Crippen LogP contribution in [0.5, 0.6) is 0 Å². The Morgan fingerprint density at radius 3 is 2.13 bits per heavy atom. The topological polar surface area (TPSA) is 52.0 Å². The Labute approximate surface area is 181 Å². The second-order valence-corrected chi connectivity index (χ2v) is 6.97. The van der Waals surface area contributed by atoms with Crippen LogP contribution in [0.4, 0.5) is 5.69 Å². The first-order valence-corrected chi connectivity index (χ1v) is 9.99. The molecule has 0 amide bonds. The van der Waals surface area contributed by atoms with Gasteiger partial charge in [0.1, 0.15) is 5.71 Å². The van der Waals surface area contributed by atoms with Gasteiger partial charge in [0.25, 0.3) is 0 Å². The van der Waals surface area contributed by atoms with E-state index in [-0.39, 0.29) is 0 Å². The molecule has 1 aliphatic rings. The Hall–Kier alpha value is -3.77. The maximum Gasteiger partial charge on any atom is 0.186 e. The summed E-state index contributed by atoms with van der Waals surface area (Å²) in [6, 6.07) is 30.2. The van der Waals surface area contributed by atoms with Crippen LogP contribution in [0.1, 0.15) is 11.1 Å². The van der Waals surface area contributed by atoms with Gasteiger partial charge < -0.3 is 5.32 Å². The fourth-order valence-corrected chi connectivity index (χ4v) is 3.14. The Morgan fingerprint density at radius 1 is 0.900 bits per heavy atom. The van der Waals surface area contributed by atoms with Crippen LogP contribution in [0.3, 0.4) is 0 Å². The van der Waals surface area contributed by atoms with Gasteiger partial charge in [-0.1, -0.05) is 78.9 Å². The van der Waals surface area contributed by atoms with Crippen molar-refractivity contribution >= 4 is 40.6 Å². The number of nitrogens with zero attached hydrogens (tertiary/aromatic N) is 3. The monoisotopic (exact) mass is 411 g/mol. The lowest BCUT2D eigenvalue weighted by Crippen LogP contribution is -2.32. The van der Waals surface area contributed by atoms with Crippen molar-refractivity contribution < 1.29 is 0 Å². The lowest BCUT2D eigenvalue weighted by molar-refractivity contribution is 0.963. The van der Waals surface area contributed by atoms with Crippen LogP contribution >= 0.6 is 12.2 Å². The summed E-state index contributed by atoms with van der Waals surface area (Å²) in [4.78, 5) is 0. The molecule has 3 aromatic carbocycles. The molecule has 1 aliphatic heterocycles. The first-order chi connectivity index (χ1) is 14.8. The fraction of sp³-hybridized carbons (Fsp3) is 0.0417. The van der Waals surface area contributed by atoms with Gasteiger partial charge in [-0.25, -0.2) is 5.01 Å². The van der Waals surface area contributed by atoms with Gasteiger partial charge in [-0.15, -0.1) is 0 Å². The first-order valence-electron chi connectivity index (χ1n) is 9.58. The molecule has 0 saturated carbocycles. The summed E-state index contributed by atoms with van der Waals surface area (Å²) in [5.74, 6) is 0.668. The van der Waals surface area contributed by atoms with Crippen molar-refractivity contribution in [2.24, 2.45) is 10.2 Å². The summed E-state index contributed by atoms with van der Waals surface area (Å²) >= 11 is 5.23. The molecule has 0 fully saturated rings. The smallest absolute Gasteiger partial charge is 0.186 e. The zero-order valence-electron chi connectivity index (χ0n) is 16.5. The van der Waals surface area contributed by atoms with E-state index in [0.29, 0.717) is 10.9 Å². The standard InChI is InChI=1S/C24H21N5S/c1-25-24(30)27-26-23-21(17-18-11-5-2-6-12-18)22(19-13-7-3-8-14-19)28-29(23)20-15-9-4-10-16-20/h2-17H,1H3,(H2,25,27,30). The van der Waals surface area contributed by atoms with Gasteiger partial charge in [0, 0.05) is 18.2 Å². The Kier molecular flexibility index (Phi) is 5.96. The maximum atomic E-state index is 5.23.